The van der Waals surface area contributed by atoms with E-state index in [1.165, 1.54) is 12.1 Å². The molecule has 2 aromatic heterocycles. The molecule has 0 saturated heterocycles. The number of thioether (sulfide) groups is 1. The largest absolute Gasteiger partial charge is 0.440 e. The van der Waals surface area contributed by atoms with Gasteiger partial charge in [-0.2, -0.15) is 0 Å². The van der Waals surface area contributed by atoms with Gasteiger partial charge in [0.1, 0.15) is 11.6 Å². The third-order valence-electron chi connectivity index (χ3n) is 2.81. The number of rotatable bonds is 5. The number of aromatic nitrogens is 2. The molecule has 0 amide bonds. The minimum atomic E-state index is -0.291. The van der Waals surface area contributed by atoms with Crippen LogP contribution < -0.4 is 0 Å². The zero-order chi connectivity index (χ0) is 14.7. The molecule has 2 heterocycles. The van der Waals surface area contributed by atoms with Gasteiger partial charge in [-0.3, -0.25) is 0 Å². The molecule has 6 heteroatoms. The Morgan fingerprint density at radius 2 is 2.14 bits per heavy atom. The minimum absolute atomic E-state index is 0.291. The summed E-state index contributed by atoms with van der Waals surface area (Å²) in [5, 5.41) is 3.83. The minimum Gasteiger partial charge on any atom is -0.440 e. The Bertz CT molecular complexity index is 739. The van der Waals surface area contributed by atoms with E-state index in [0.717, 1.165) is 11.5 Å². The molecule has 4 nitrogen and oxygen atoms in total. The number of benzene rings is 1. The van der Waals surface area contributed by atoms with Crippen LogP contribution in [0.4, 0.5) is 4.39 Å². The molecule has 0 aliphatic carbocycles. The van der Waals surface area contributed by atoms with Gasteiger partial charge in [-0.1, -0.05) is 17.3 Å². The first-order valence-electron chi connectivity index (χ1n) is 6.41. The summed E-state index contributed by atoms with van der Waals surface area (Å²) in [4.78, 5) is 4.20. The summed E-state index contributed by atoms with van der Waals surface area (Å²) in [6.07, 6.45) is 1.61. The summed E-state index contributed by atoms with van der Waals surface area (Å²) in [5.74, 6) is 3.04. The molecule has 0 saturated carbocycles. The van der Waals surface area contributed by atoms with Crippen molar-refractivity contribution in [2.45, 2.75) is 18.4 Å². The van der Waals surface area contributed by atoms with Gasteiger partial charge in [0.2, 0.25) is 5.89 Å². The molecule has 0 aliphatic heterocycles. The SMILES string of the molecule is Cc1cc(CSCc2ncc(-c3cccc(F)c3)o2)on1. The fourth-order valence-corrected chi connectivity index (χ4v) is 2.62. The van der Waals surface area contributed by atoms with Gasteiger partial charge >= 0.3 is 0 Å². The van der Waals surface area contributed by atoms with Crippen LogP contribution in [0.2, 0.25) is 0 Å². The molecule has 0 aliphatic rings. The van der Waals surface area contributed by atoms with Crippen molar-refractivity contribution in [1.29, 1.82) is 0 Å². The van der Waals surface area contributed by atoms with Crippen molar-refractivity contribution < 1.29 is 13.3 Å². The second-order valence-corrected chi connectivity index (χ2v) is 5.54. The van der Waals surface area contributed by atoms with E-state index in [1.807, 2.05) is 13.0 Å². The van der Waals surface area contributed by atoms with Crippen molar-refractivity contribution >= 4 is 11.8 Å². The molecule has 1 aromatic carbocycles. The highest BCUT2D eigenvalue weighted by atomic mass is 32.2. The molecule has 108 valence electrons. The van der Waals surface area contributed by atoms with Crippen LogP contribution in [0.1, 0.15) is 17.3 Å². The molecular formula is C15H13FN2O2S. The molecule has 0 spiro atoms. The Morgan fingerprint density at radius 3 is 2.90 bits per heavy atom. The van der Waals surface area contributed by atoms with Gasteiger partial charge in [0.05, 0.1) is 23.4 Å². The first-order chi connectivity index (χ1) is 10.2. The fraction of sp³-hybridized carbons (Fsp3) is 0.200. The first-order valence-corrected chi connectivity index (χ1v) is 7.57. The van der Waals surface area contributed by atoms with Crippen molar-refractivity contribution in [3.63, 3.8) is 0 Å². The summed E-state index contributed by atoms with van der Waals surface area (Å²) in [6, 6.07) is 8.16. The smallest absolute Gasteiger partial charge is 0.204 e. The molecule has 3 rings (SSSR count). The lowest BCUT2D eigenvalue weighted by atomic mass is 10.2. The van der Waals surface area contributed by atoms with Crippen LogP contribution in [-0.2, 0) is 11.5 Å². The predicted molar refractivity (Wildman–Crippen MR) is 78.1 cm³/mol. The lowest BCUT2D eigenvalue weighted by Gasteiger charge is -1.96. The number of oxazole rings is 1. The molecule has 0 atom stereocenters. The van der Waals surface area contributed by atoms with E-state index in [1.54, 1.807) is 30.1 Å². The molecule has 0 unspecified atom stereocenters. The maximum atomic E-state index is 13.2. The van der Waals surface area contributed by atoms with Crippen molar-refractivity contribution in [2.75, 3.05) is 0 Å². The molecular weight excluding hydrogens is 291 g/mol. The zero-order valence-electron chi connectivity index (χ0n) is 11.4. The van der Waals surface area contributed by atoms with E-state index in [4.69, 9.17) is 8.94 Å². The lowest BCUT2D eigenvalue weighted by Crippen LogP contribution is -1.81. The van der Waals surface area contributed by atoms with Crippen LogP contribution in [0, 0.1) is 12.7 Å². The number of aryl methyl sites for hydroxylation is 1. The summed E-state index contributed by atoms with van der Waals surface area (Å²) in [7, 11) is 0. The highest BCUT2D eigenvalue weighted by molar-refractivity contribution is 7.97. The topological polar surface area (TPSA) is 52.1 Å². The zero-order valence-corrected chi connectivity index (χ0v) is 12.2. The van der Waals surface area contributed by atoms with Gasteiger partial charge < -0.3 is 8.94 Å². The number of halogens is 1. The maximum absolute atomic E-state index is 13.2. The Morgan fingerprint density at radius 1 is 1.24 bits per heavy atom. The normalized spacial score (nSPS) is 11.0. The highest BCUT2D eigenvalue weighted by Crippen LogP contribution is 2.24. The third kappa shape index (κ3) is 3.52. The highest BCUT2D eigenvalue weighted by Gasteiger charge is 2.08. The maximum Gasteiger partial charge on any atom is 0.204 e. The van der Waals surface area contributed by atoms with Gasteiger partial charge in [-0.25, -0.2) is 9.37 Å². The third-order valence-corrected chi connectivity index (χ3v) is 3.75. The summed E-state index contributed by atoms with van der Waals surface area (Å²) in [6.45, 7) is 1.89. The molecule has 3 aromatic rings. The van der Waals surface area contributed by atoms with Crippen molar-refractivity contribution in [3.05, 3.63) is 59.7 Å². The van der Waals surface area contributed by atoms with Gasteiger partial charge in [-0.15, -0.1) is 11.8 Å². The number of nitrogens with zero attached hydrogens (tertiary/aromatic N) is 2. The predicted octanol–water partition coefficient (Wildman–Crippen LogP) is 4.21. The standard InChI is InChI=1S/C15H13FN2O2S/c1-10-5-13(20-18-10)8-21-9-15-17-7-14(19-15)11-3-2-4-12(16)6-11/h2-7H,8-9H2,1H3. The number of hydrogen-bond donors (Lipinski definition) is 0. The Kier molecular flexibility index (Phi) is 4.06. The van der Waals surface area contributed by atoms with Crippen LogP contribution in [0.3, 0.4) is 0 Å². The second kappa shape index (κ2) is 6.13. The van der Waals surface area contributed by atoms with Gasteiger partial charge in [0.15, 0.2) is 5.76 Å². The quantitative estimate of drug-likeness (QED) is 0.706. The first kappa shape index (κ1) is 13.9. The van der Waals surface area contributed by atoms with Crippen LogP contribution in [0.25, 0.3) is 11.3 Å². The van der Waals surface area contributed by atoms with Crippen LogP contribution >= 0.6 is 11.8 Å². The Hall–Kier alpha value is -2.08. The van der Waals surface area contributed by atoms with E-state index in [0.29, 0.717) is 28.7 Å². The summed E-state index contributed by atoms with van der Waals surface area (Å²) < 4.78 is 23.9. The van der Waals surface area contributed by atoms with Crippen molar-refractivity contribution in [1.82, 2.24) is 10.1 Å². The average Bonchev–Trinajstić information content (AvgIpc) is 3.08. The van der Waals surface area contributed by atoms with E-state index in [9.17, 15) is 4.39 Å². The molecule has 21 heavy (non-hydrogen) atoms. The molecule has 0 fully saturated rings. The van der Waals surface area contributed by atoms with Crippen molar-refractivity contribution in [3.8, 4) is 11.3 Å². The second-order valence-electron chi connectivity index (χ2n) is 4.56. The fourth-order valence-electron chi connectivity index (χ4n) is 1.88. The van der Waals surface area contributed by atoms with Gasteiger partial charge in [0, 0.05) is 11.6 Å². The van der Waals surface area contributed by atoms with Gasteiger partial charge in [0.25, 0.3) is 0 Å². The monoisotopic (exact) mass is 304 g/mol. The molecule has 0 bridgehead atoms. The van der Waals surface area contributed by atoms with E-state index in [2.05, 4.69) is 10.1 Å². The average molecular weight is 304 g/mol. The van der Waals surface area contributed by atoms with Crippen LogP contribution in [0.15, 0.2) is 45.5 Å². The molecule has 0 N–H and O–H groups in total. The molecule has 0 radical (unpaired) electrons. The number of hydrogen-bond acceptors (Lipinski definition) is 5. The van der Waals surface area contributed by atoms with Crippen LogP contribution in [0.5, 0.6) is 0 Å². The van der Waals surface area contributed by atoms with Crippen LogP contribution in [-0.4, -0.2) is 10.1 Å². The van der Waals surface area contributed by atoms with Gasteiger partial charge in [-0.05, 0) is 19.1 Å². The lowest BCUT2D eigenvalue weighted by molar-refractivity contribution is 0.391. The van der Waals surface area contributed by atoms with E-state index in [-0.39, 0.29) is 5.82 Å². The van der Waals surface area contributed by atoms with E-state index >= 15 is 0 Å². The van der Waals surface area contributed by atoms with Crippen molar-refractivity contribution in [2.24, 2.45) is 0 Å². The summed E-state index contributed by atoms with van der Waals surface area (Å²) >= 11 is 1.62. The Labute approximate surface area is 125 Å². The Balaban J connectivity index is 1.60. The van der Waals surface area contributed by atoms with E-state index < -0.39 is 0 Å². The summed E-state index contributed by atoms with van der Waals surface area (Å²) in [5.41, 5.74) is 1.56.